The lowest BCUT2D eigenvalue weighted by Crippen LogP contribution is -2.08. The van der Waals surface area contributed by atoms with Crippen LogP contribution in [0.2, 0.25) is 5.02 Å². The monoisotopic (exact) mass is 297 g/mol. The van der Waals surface area contributed by atoms with E-state index in [9.17, 15) is 0 Å². The van der Waals surface area contributed by atoms with Crippen molar-refractivity contribution in [2.75, 3.05) is 5.32 Å². The van der Waals surface area contributed by atoms with Crippen molar-refractivity contribution in [1.82, 2.24) is 9.55 Å². The van der Waals surface area contributed by atoms with E-state index in [1.54, 1.807) is 12.5 Å². The SMILES string of the molecule is CC(Nc1ccccc1-n1ccnc1)c1ccc(Cl)cc1. The van der Waals surface area contributed by atoms with Crippen LogP contribution in [0.5, 0.6) is 0 Å². The van der Waals surface area contributed by atoms with Gasteiger partial charge in [-0.1, -0.05) is 35.9 Å². The Bertz CT molecular complexity index is 705. The van der Waals surface area contributed by atoms with Gasteiger partial charge < -0.3 is 9.88 Å². The van der Waals surface area contributed by atoms with Crippen LogP contribution in [0.25, 0.3) is 5.69 Å². The first kappa shape index (κ1) is 13.7. The molecule has 3 rings (SSSR count). The number of halogens is 1. The van der Waals surface area contributed by atoms with Gasteiger partial charge in [-0.25, -0.2) is 4.98 Å². The molecule has 2 aromatic carbocycles. The largest absolute Gasteiger partial charge is 0.377 e. The van der Waals surface area contributed by atoms with Crippen molar-refractivity contribution in [1.29, 1.82) is 0 Å². The Labute approximate surface area is 129 Å². The van der Waals surface area contributed by atoms with Crippen LogP contribution in [0.1, 0.15) is 18.5 Å². The Morgan fingerprint density at radius 2 is 1.86 bits per heavy atom. The lowest BCUT2D eigenvalue weighted by atomic mass is 10.1. The van der Waals surface area contributed by atoms with Gasteiger partial charge in [0.05, 0.1) is 17.7 Å². The highest BCUT2D eigenvalue weighted by atomic mass is 35.5. The van der Waals surface area contributed by atoms with E-state index in [0.29, 0.717) is 0 Å². The molecule has 1 heterocycles. The molecule has 1 aromatic heterocycles. The summed E-state index contributed by atoms with van der Waals surface area (Å²) in [6.45, 7) is 2.13. The predicted octanol–water partition coefficient (Wildman–Crippen LogP) is 4.70. The van der Waals surface area contributed by atoms with Crippen LogP contribution in [0.4, 0.5) is 5.69 Å². The first-order valence-electron chi connectivity index (χ1n) is 6.83. The molecule has 3 aromatic rings. The number of hydrogen-bond donors (Lipinski definition) is 1. The molecule has 0 saturated carbocycles. The lowest BCUT2D eigenvalue weighted by molar-refractivity contribution is 0.879. The average Bonchev–Trinajstić information content (AvgIpc) is 3.02. The molecule has 0 radical (unpaired) electrons. The molecule has 0 fully saturated rings. The number of hydrogen-bond acceptors (Lipinski definition) is 2. The Kier molecular flexibility index (Phi) is 3.93. The van der Waals surface area contributed by atoms with Crippen molar-refractivity contribution in [3.63, 3.8) is 0 Å². The number of para-hydroxylation sites is 2. The highest BCUT2D eigenvalue weighted by Gasteiger charge is 2.09. The van der Waals surface area contributed by atoms with Gasteiger partial charge >= 0.3 is 0 Å². The highest BCUT2D eigenvalue weighted by Crippen LogP contribution is 2.25. The van der Waals surface area contributed by atoms with Crippen LogP contribution < -0.4 is 5.32 Å². The molecule has 1 atom stereocenters. The highest BCUT2D eigenvalue weighted by molar-refractivity contribution is 6.30. The maximum absolute atomic E-state index is 5.94. The summed E-state index contributed by atoms with van der Waals surface area (Å²) in [6, 6.07) is 16.3. The Morgan fingerprint density at radius 1 is 1.10 bits per heavy atom. The molecule has 1 N–H and O–H groups in total. The van der Waals surface area contributed by atoms with E-state index in [2.05, 4.69) is 29.4 Å². The molecule has 4 heteroatoms. The van der Waals surface area contributed by atoms with Crippen LogP contribution in [-0.2, 0) is 0 Å². The molecule has 0 aliphatic heterocycles. The standard InChI is InChI=1S/C17H16ClN3/c1-13(14-6-8-15(18)9-7-14)20-16-4-2-3-5-17(16)21-11-10-19-12-21/h2-13,20H,1H3. The fourth-order valence-corrected chi connectivity index (χ4v) is 2.42. The number of anilines is 1. The first-order chi connectivity index (χ1) is 10.2. The molecule has 106 valence electrons. The second-order valence-corrected chi connectivity index (χ2v) is 5.34. The van der Waals surface area contributed by atoms with Crippen molar-refractivity contribution in [2.45, 2.75) is 13.0 Å². The topological polar surface area (TPSA) is 29.9 Å². The molecule has 0 amide bonds. The number of imidazole rings is 1. The van der Waals surface area contributed by atoms with Crippen LogP contribution in [0, 0.1) is 0 Å². The molecule has 3 nitrogen and oxygen atoms in total. The molecule has 0 aliphatic carbocycles. The maximum Gasteiger partial charge on any atom is 0.0992 e. The molecular weight excluding hydrogens is 282 g/mol. The van der Waals surface area contributed by atoms with Gasteiger partial charge in [-0.3, -0.25) is 0 Å². The van der Waals surface area contributed by atoms with Gasteiger partial charge in [-0.15, -0.1) is 0 Å². The van der Waals surface area contributed by atoms with Crippen LogP contribution in [0.15, 0.2) is 67.3 Å². The Balaban J connectivity index is 1.86. The lowest BCUT2D eigenvalue weighted by Gasteiger charge is -2.19. The van der Waals surface area contributed by atoms with Gasteiger partial charge in [0.15, 0.2) is 0 Å². The smallest absolute Gasteiger partial charge is 0.0992 e. The van der Waals surface area contributed by atoms with Gasteiger partial charge in [0.1, 0.15) is 0 Å². The zero-order chi connectivity index (χ0) is 14.7. The summed E-state index contributed by atoms with van der Waals surface area (Å²) in [4.78, 5) is 4.11. The quantitative estimate of drug-likeness (QED) is 0.756. The number of rotatable bonds is 4. The van der Waals surface area contributed by atoms with Gasteiger partial charge in [0.25, 0.3) is 0 Å². The van der Waals surface area contributed by atoms with Crippen molar-refractivity contribution in [3.05, 3.63) is 77.8 Å². The zero-order valence-electron chi connectivity index (χ0n) is 11.7. The molecular formula is C17H16ClN3. The molecule has 0 spiro atoms. The van der Waals surface area contributed by atoms with Gasteiger partial charge in [0, 0.05) is 23.5 Å². The number of aromatic nitrogens is 2. The Hall–Kier alpha value is -2.26. The molecule has 21 heavy (non-hydrogen) atoms. The molecule has 1 unspecified atom stereocenters. The number of nitrogens with one attached hydrogen (secondary N) is 1. The molecule has 0 saturated heterocycles. The van der Waals surface area contributed by atoms with E-state index >= 15 is 0 Å². The van der Waals surface area contributed by atoms with E-state index in [0.717, 1.165) is 16.4 Å². The van der Waals surface area contributed by atoms with Crippen LogP contribution in [0.3, 0.4) is 0 Å². The maximum atomic E-state index is 5.94. The first-order valence-corrected chi connectivity index (χ1v) is 7.21. The fourth-order valence-electron chi connectivity index (χ4n) is 2.29. The minimum absolute atomic E-state index is 0.187. The number of benzene rings is 2. The van der Waals surface area contributed by atoms with E-state index in [4.69, 9.17) is 11.6 Å². The van der Waals surface area contributed by atoms with Gasteiger partial charge in [-0.05, 0) is 36.8 Å². The minimum Gasteiger partial charge on any atom is -0.377 e. The van der Waals surface area contributed by atoms with Crippen molar-refractivity contribution < 1.29 is 0 Å². The van der Waals surface area contributed by atoms with Crippen LogP contribution >= 0.6 is 11.6 Å². The summed E-state index contributed by atoms with van der Waals surface area (Å²) in [5, 5.41) is 4.30. The second-order valence-electron chi connectivity index (χ2n) is 4.90. The van der Waals surface area contributed by atoms with Crippen molar-refractivity contribution in [3.8, 4) is 5.69 Å². The second kappa shape index (κ2) is 6.02. The average molecular weight is 298 g/mol. The molecule has 0 bridgehead atoms. The third kappa shape index (κ3) is 3.09. The summed E-state index contributed by atoms with van der Waals surface area (Å²) in [5.74, 6) is 0. The summed E-state index contributed by atoms with van der Waals surface area (Å²) in [6.07, 6.45) is 5.51. The van der Waals surface area contributed by atoms with E-state index < -0.39 is 0 Å². The predicted molar refractivity (Wildman–Crippen MR) is 87.1 cm³/mol. The van der Waals surface area contributed by atoms with E-state index in [1.165, 1.54) is 5.56 Å². The summed E-state index contributed by atoms with van der Waals surface area (Å²) in [5.41, 5.74) is 3.34. The zero-order valence-corrected chi connectivity index (χ0v) is 12.5. The third-order valence-electron chi connectivity index (χ3n) is 3.43. The minimum atomic E-state index is 0.187. The van der Waals surface area contributed by atoms with E-state index in [-0.39, 0.29) is 6.04 Å². The summed E-state index contributed by atoms with van der Waals surface area (Å²) < 4.78 is 2.00. The number of nitrogens with zero attached hydrogens (tertiary/aromatic N) is 2. The Morgan fingerprint density at radius 3 is 2.57 bits per heavy atom. The third-order valence-corrected chi connectivity index (χ3v) is 3.68. The van der Waals surface area contributed by atoms with Gasteiger partial charge in [0.2, 0.25) is 0 Å². The van der Waals surface area contributed by atoms with Crippen molar-refractivity contribution in [2.24, 2.45) is 0 Å². The summed E-state index contributed by atoms with van der Waals surface area (Å²) >= 11 is 5.94. The van der Waals surface area contributed by atoms with Crippen LogP contribution in [-0.4, -0.2) is 9.55 Å². The van der Waals surface area contributed by atoms with Crippen molar-refractivity contribution >= 4 is 17.3 Å². The fraction of sp³-hybridized carbons (Fsp3) is 0.118. The summed E-state index contributed by atoms with van der Waals surface area (Å²) in [7, 11) is 0. The van der Waals surface area contributed by atoms with E-state index in [1.807, 2.05) is 47.2 Å². The van der Waals surface area contributed by atoms with Gasteiger partial charge in [-0.2, -0.15) is 0 Å². The molecule has 0 aliphatic rings. The normalized spacial score (nSPS) is 12.1.